The molecule has 0 amide bonds. The average molecular weight is 573 g/mol. The summed E-state index contributed by atoms with van der Waals surface area (Å²) < 4.78 is 25.7. The van der Waals surface area contributed by atoms with E-state index in [2.05, 4.69) is 49.9 Å². The standard InChI is InChI=1S/C18H29BrN4O2S.HI/c1-4-22(5-2)16-10-12-23(14-16)18(20-3)21-11-13-26(24,25)17-8-6-15(19)7-9-17;/h6-9,16H,4-5,10-14H2,1-3H3,(H,20,21);1H. The number of nitrogens with one attached hydrogen (secondary N) is 1. The van der Waals surface area contributed by atoms with Gasteiger partial charge in [-0.25, -0.2) is 8.42 Å². The first kappa shape index (κ1) is 24.6. The van der Waals surface area contributed by atoms with Crippen molar-refractivity contribution < 1.29 is 8.42 Å². The van der Waals surface area contributed by atoms with Gasteiger partial charge >= 0.3 is 0 Å². The summed E-state index contributed by atoms with van der Waals surface area (Å²) in [6.45, 7) is 8.69. The summed E-state index contributed by atoms with van der Waals surface area (Å²) in [7, 11) is -1.56. The molecule has 0 aromatic heterocycles. The summed E-state index contributed by atoms with van der Waals surface area (Å²) in [5.41, 5.74) is 0. The van der Waals surface area contributed by atoms with E-state index in [1.54, 1.807) is 31.3 Å². The van der Waals surface area contributed by atoms with Gasteiger partial charge in [-0.1, -0.05) is 29.8 Å². The monoisotopic (exact) mass is 572 g/mol. The molecule has 154 valence electrons. The SMILES string of the molecule is CCN(CC)C1CCN(C(=NC)NCCS(=O)(=O)c2ccc(Br)cc2)C1.I. The molecule has 1 heterocycles. The lowest BCUT2D eigenvalue weighted by molar-refractivity contribution is 0.223. The molecule has 1 saturated heterocycles. The van der Waals surface area contributed by atoms with Crippen LogP contribution in [-0.4, -0.2) is 75.7 Å². The van der Waals surface area contributed by atoms with E-state index in [1.807, 2.05) is 0 Å². The quantitative estimate of drug-likeness (QED) is 0.309. The third kappa shape index (κ3) is 6.86. The molecule has 0 bridgehead atoms. The normalized spacial score (nSPS) is 17.9. The van der Waals surface area contributed by atoms with Crippen molar-refractivity contribution >= 4 is 55.7 Å². The Morgan fingerprint density at radius 3 is 2.48 bits per heavy atom. The maximum atomic E-state index is 12.4. The molecule has 1 aliphatic heterocycles. The number of aliphatic imine (C=N–C) groups is 1. The van der Waals surface area contributed by atoms with Gasteiger partial charge in [-0.3, -0.25) is 9.89 Å². The van der Waals surface area contributed by atoms with Gasteiger partial charge in [0.05, 0.1) is 10.6 Å². The molecule has 1 fully saturated rings. The van der Waals surface area contributed by atoms with Gasteiger partial charge in [-0.05, 0) is 43.8 Å². The molecule has 1 unspecified atom stereocenters. The minimum Gasteiger partial charge on any atom is -0.355 e. The molecule has 6 nitrogen and oxygen atoms in total. The van der Waals surface area contributed by atoms with Crippen molar-refractivity contribution in [2.45, 2.75) is 31.2 Å². The Balaban J connectivity index is 0.00000364. The number of rotatable bonds is 7. The number of likely N-dealkylation sites (N-methyl/N-ethyl adjacent to an activating group) is 1. The second kappa shape index (κ2) is 11.6. The van der Waals surface area contributed by atoms with Crippen molar-refractivity contribution in [3.05, 3.63) is 28.7 Å². The van der Waals surface area contributed by atoms with E-state index in [-0.39, 0.29) is 29.7 Å². The fourth-order valence-electron chi connectivity index (χ4n) is 3.36. The van der Waals surface area contributed by atoms with E-state index in [9.17, 15) is 8.42 Å². The van der Waals surface area contributed by atoms with Gasteiger partial charge in [-0.2, -0.15) is 0 Å². The Hall–Kier alpha value is -0.390. The van der Waals surface area contributed by atoms with Gasteiger partial charge in [0, 0.05) is 37.2 Å². The third-order valence-corrected chi connectivity index (χ3v) is 7.09. The first-order chi connectivity index (χ1) is 12.4. The van der Waals surface area contributed by atoms with E-state index in [0.29, 0.717) is 17.5 Å². The highest BCUT2D eigenvalue weighted by atomic mass is 127. The predicted octanol–water partition coefficient (Wildman–Crippen LogP) is 2.83. The summed E-state index contributed by atoms with van der Waals surface area (Å²) in [5.74, 6) is 0.826. The maximum Gasteiger partial charge on any atom is 0.193 e. The Morgan fingerprint density at radius 1 is 1.30 bits per heavy atom. The van der Waals surface area contributed by atoms with Crippen LogP contribution in [0.25, 0.3) is 0 Å². The van der Waals surface area contributed by atoms with Gasteiger partial charge in [0.25, 0.3) is 0 Å². The second-order valence-corrected chi connectivity index (χ2v) is 9.38. The zero-order valence-electron chi connectivity index (χ0n) is 16.2. The van der Waals surface area contributed by atoms with Crippen LogP contribution in [0.4, 0.5) is 0 Å². The first-order valence-corrected chi connectivity index (χ1v) is 11.5. The molecular weight excluding hydrogens is 543 g/mol. The molecule has 1 aliphatic rings. The Morgan fingerprint density at radius 2 is 1.93 bits per heavy atom. The van der Waals surface area contributed by atoms with E-state index in [1.165, 1.54) is 0 Å². The number of guanidine groups is 1. The minimum atomic E-state index is -3.30. The van der Waals surface area contributed by atoms with Crippen LogP contribution in [0.5, 0.6) is 0 Å². The van der Waals surface area contributed by atoms with Gasteiger partial charge in [0.2, 0.25) is 0 Å². The summed E-state index contributed by atoms with van der Waals surface area (Å²) in [6.07, 6.45) is 1.11. The van der Waals surface area contributed by atoms with Crippen LogP contribution in [0.15, 0.2) is 38.6 Å². The molecule has 2 rings (SSSR count). The number of sulfone groups is 1. The van der Waals surface area contributed by atoms with Gasteiger partial charge in [-0.15, -0.1) is 24.0 Å². The van der Waals surface area contributed by atoms with E-state index in [4.69, 9.17) is 0 Å². The number of benzene rings is 1. The third-order valence-electron chi connectivity index (χ3n) is 4.83. The zero-order valence-corrected chi connectivity index (χ0v) is 20.9. The van der Waals surface area contributed by atoms with Crippen LogP contribution in [0.2, 0.25) is 0 Å². The lowest BCUT2D eigenvalue weighted by atomic mass is 10.2. The molecule has 1 aromatic rings. The zero-order chi connectivity index (χ0) is 19.2. The maximum absolute atomic E-state index is 12.4. The molecular formula is C18H30BrIN4O2S. The molecule has 0 saturated carbocycles. The predicted molar refractivity (Wildman–Crippen MR) is 126 cm³/mol. The highest BCUT2D eigenvalue weighted by Crippen LogP contribution is 2.17. The second-order valence-electron chi connectivity index (χ2n) is 6.36. The molecule has 9 heteroatoms. The van der Waals surface area contributed by atoms with Crippen LogP contribution in [0.3, 0.4) is 0 Å². The molecule has 1 N–H and O–H groups in total. The van der Waals surface area contributed by atoms with E-state index >= 15 is 0 Å². The molecule has 1 atom stereocenters. The minimum absolute atomic E-state index is 0. The number of nitrogens with zero attached hydrogens (tertiary/aromatic N) is 3. The summed E-state index contributed by atoms with van der Waals surface area (Å²) in [4.78, 5) is 9.36. The smallest absolute Gasteiger partial charge is 0.193 e. The molecule has 27 heavy (non-hydrogen) atoms. The highest BCUT2D eigenvalue weighted by Gasteiger charge is 2.28. The number of likely N-dealkylation sites (tertiary alicyclic amines) is 1. The molecule has 0 spiro atoms. The van der Waals surface area contributed by atoms with Gasteiger partial charge in [0.15, 0.2) is 15.8 Å². The number of hydrogen-bond acceptors (Lipinski definition) is 4. The van der Waals surface area contributed by atoms with Gasteiger partial charge < -0.3 is 10.2 Å². The van der Waals surface area contributed by atoms with Crippen LogP contribution < -0.4 is 5.32 Å². The number of halogens is 2. The van der Waals surface area contributed by atoms with E-state index < -0.39 is 9.84 Å². The van der Waals surface area contributed by atoms with Crippen molar-refractivity contribution in [3.8, 4) is 0 Å². The van der Waals surface area contributed by atoms with Crippen molar-refractivity contribution in [1.82, 2.24) is 15.1 Å². The lowest BCUT2D eigenvalue weighted by Gasteiger charge is -2.27. The molecule has 0 aliphatic carbocycles. The summed E-state index contributed by atoms with van der Waals surface area (Å²) >= 11 is 3.32. The topological polar surface area (TPSA) is 65.0 Å². The Labute approximate surface area is 188 Å². The van der Waals surface area contributed by atoms with Gasteiger partial charge in [0.1, 0.15) is 0 Å². The van der Waals surface area contributed by atoms with Crippen molar-refractivity contribution in [2.75, 3.05) is 45.5 Å². The fraction of sp³-hybridized carbons (Fsp3) is 0.611. The fourth-order valence-corrected chi connectivity index (χ4v) is 4.78. The first-order valence-electron chi connectivity index (χ1n) is 9.09. The van der Waals surface area contributed by atoms with Crippen molar-refractivity contribution in [3.63, 3.8) is 0 Å². The van der Waals surface area contributed by atoms with Crippen molar-refractivity contribution in [2.24, 2.45) is 4.99 Å². The lowest BCUT2D eigenvalue weighted by Crippen LogP contribution is -2.44. The molecule has 0 radical (unpaired) electrons. The number of hydrogen-bond donors (Lipinski definition) is 1. The van der Waals surface area contributed by atoms with E-state index in [0.717, 1.165) is 43.0 Å². The molecule has 1 aromatic carbocycles. The highest BCUT2D eigenvalue weighted by molar-refractivity contribution is 14.0. The Kier molecular flexibility index (Phi) is 10.6. The summed E-state index contributed by atoms with van der Waals surface area (Å²) in [6, 6.07) is 7.29. The van der Waals surface area contributed by atoms with Crippen molar-refractivity contribution in [1.29, 1.82) is 0 Å². The largest absolute Gasteiger partial charge is 0.355 e. The average Bonchev–Trinajstić information content (AvgIpc) is 3.10. The Bertz CT molecular complexity index is 709. The van der Waals surface area contributed by atoms with Crippen LogP contribution >= 0.6 is 39.9 Å². The van der Waals surface area contributed by atoms with Crippen LogP contribution in [0.1, 0.15) is 20.3 Å². The van der Waals surface area contributed by atoms with Crippen LogP contribution in [0, 0.1) is 0 Å². The van der Waals surface area contributed by atoms with Crippen LogP contribution in [-0.2, 0) is 9.84 Å². The summed E-state index contributed by atoms with van der Waals surface area (Å²) in [5, 5.41) is 3.21.